The van der Waals surface area contributed by atoms with Crippen molar-refractivity contribution >= 4 is 11.8 Å². The number of aryl methyl sites for hydroxylation is 1. The van der Waals surface area contributed by atoms with Crippen LogP contribution in [0.4, 0.5) is 0 Å². The average Bonchev–Trinajstić information content (AvgIpc) is 3.10. The quantitative estimate of drug-likeness (QED) is 0.854. The molecule has 5 nitrogen and oxygen atoms in total. The van der Waals surface area contributed by atoms with Gasteiger partial charge in [-0.1, -0.05) is 6.92 Å². The molecule has 1 aromatic rings. The molecule has 0 bridgehead atoms. The van der Waals surface area contributed by atoms with E-state index in [0.717, 1.165) is 55.7 Å². The molecule has 0 radical (unpaired) electrons. The number of nitrogens with zero attached hydrogens (tertiary/aromatic N) is 3. The molecule has 1 spiro atoms. The lowest BCUT2D eigenvalue weighted by Gasteiger charge is -2.39. The van der Waals surface area contributed by atoms with Crippen molar-refractivity contribution in [1.82, 2.24) is 14.4 Å². The van der Waals surface area contributed by atoms with Gasteiger partial charge >= 0.3 is 0 Å². The van der Waals surface area contributed by atoms with Crippen LogP contribution in [0, 0.1) is 19.3 Å². The summed E-state index contributed by atoms with van der Waals surface area (Å²) < 4.78 is 2.05. The van der Waals surface area contributed by atoms with Crippen molar-refractivity contribution < 1.29 is 9.59 Å². The third kappa shape index (κ3) is 2.64. The van der Waals surface area contributed by atoms with E-state index in [1.807, 2.05) is 41.3 Å². The predicted molar refractivity (Wildman–Crippen MR) is 93.9 cm³/mol. The summed E-state index contributed by atoms with van der Waals surface area (Å²) in [6, 6.07) is 1.97. The topological polar surface area (TPSA) is 45.5 Å². The highest BCUT2D eigenvalue weighted by atomic mass is 16.2. The highest BCUT2D eigenvalue weighted by molar-refractivity contribution is 5.97. The van der Waals surface area contributed by atoms with Crippen molar-refractivity contribution in [1.29, 1.82) is 0 Å². The van der Waals surface area contributed by atoms with Crippen molar-refractivity contribution in [2.45, 2.75) is 46.5 Å². The van der Waals surface area contributed by atoms with E-state index in [2.05, 4.69) is 6.92 Å². The molecule has 2 fully saturated rings. The molecule has 2 aliphatic heterocycles. The zero-order valence-electron chi connectivity index (χ0n) is 15.4. The molecule has 132 valence electrons. The summed E-state index contributed by atoms with van der Waals surface area (Å²) in [7, 11) is 1.99. The molecule has 1 atom stereocenters. The lowest BCUT2D eigenvalue weighted by molar-refractivity contribution is -0.145. The Morgan fingerprint density at radius 1 is 1.25 bits per heavy atom. The molecule has 0 aromatic carbocycles. The van der Waals surface area contributed by atoms with E-state index in [-0.39, 0.29) is 17.2 Å². The molecule has 3 rings (SSSR count). The zero-order valence-corrected chi connectivity index (χ0v) is 15.4. The summed E-state index contributed by atoms with van der Waals surface area (Å²) in [5, 5.41) is 0. The maximum atomic E-state index is 13.0. The van der Waals surface area contributed by atoms with Crippen LogP contribution in [0.15, 0.2) is 6.07 Å². The molecule has 2 amide bonds. The molecule has 1 aromatic heterocycles. The maximum Gasteiger partial charge on any atom is 0.255 e. The summed E-state index contributed by atoms with van der Waals surface area (Å²) in [6.07, 6.45) is 3.77. The largest absolute Gasteiger partial charge is 0.351 e. The Kier molecular flexibility index (Phi) is 4.45. The van der Waals surface area contributed by atoms with Crippen molar-refractivity contribution in [2.24, 2.45) is 12.5 Å². The van der Waals surface area contributed by atoms with Gasteiger partial charge in [0.15, 0.2) is 0 Å². The number of carbonyl (C=O) groups is 2. The number of likely N-dealkylation sites (tertiary alicyclic amines) is 2. The normalized spacial score (nSPS) is 24.2. The van der Waals surface area contributed by atoms with Gasteiger partial charge in [-0.2, -0.15) is 0 Å². The molecule has 3 heterocycles. The van der Waals surface area contributed by atoms with E-state index in [0.29, 0.717) is 13.1 Å². The molecular weight excluding hydrogens is 302 g/mol. The van der Waals surface area contributed by atoms with Gasteiger partial charge in [0.05, 0.1) is 11.0 Å². The van der Waals surface area contributed by atoms with Crippen molar-refractivity contribution in [3.63, 3.8) is 0 Å². The monoisotopic (exact) mass is 331 g/mol. The zero-order chi connectivity index (χ0) is 17.5. The second-order valence-corrected chi connectivity index (χ2v) is 7.50. The lowest BCUT2D eigenvalue weighted by Crippen LogP contribution is -2.50. The van der Waals surface area contributed by atoms with Crippen LogP contribution in [0.2, 0.25) is 0 Å². The molecule has 2 saturated heterocycles. The number of rotatable bonds is 3. The van der Waals surface area contributed by atoms with Crippen LogP contribution in [0.5, 0.6) is 0 Å². The van der Waals surface area contributed by atoms with Crippen LogP contribution in [0.1, 0.15) is 54.4 Å². The summed E-state index contributed by atoms with van der Waals surface area (Å²) >= 11 is 0. The van der Waals surface area contributed by atoms with E-state index in [1.54, 1.807) is 0 Å². The van der Waals surface area contributed by atoms with E-state index in [1.165, 1.54) is 0 Å². The van der Waals surface area contributed by atoms with Gasteiger partial charge in [-0.25, -0.2) is 0 Å². The number of amides is 2. The predicted octanol–water partition coefficient (Wildman–Crippen LogP) is 2.51. The summed E-state index contributed by atoms with van der Waals surface area (Å²) in [4.78, 5) is 29.8. The maximum absolute atomic E-state index is 13.0. The van der Waals surface area contributed by atoms with Crippen molar-refractivity contribution in [2.75, 3.05) is 26.2 Å². The van der Waals surface area contributed by atoms with Crippen LogP contribution in [-0.4, -0.2) is 52.4 Å². The first-order valence-corrected chi connectivity index (χ1v) is 9.11. The first kappa shape index (κ1) is 17.1. The minimum absolute atomic E-state index is 0.0773. The van der Waals surface area contributed by atoms with E-state index < -0.39 is 0 Å². The van der Waals surface area contributed by atoms with Gasteiger partial charge in [-0.15, -0.1) is 0 Å². The van der Waals surface area contributed by atoms with Crippen LogP contribution >= 0.6 is 0 Å². The molecule has 0 aliphatic carbocycles. The summed E-state index contributed by atoms with van der Waals surface area (Å²) in [5.41, 5.74) is 2.54. The number of carbonyl (C=O) groups excluding carboxylic acids is 2. The Hall–Kier alpha value is -1.78. The number of piperidine rings is 1. The second-order valence-electron chi connectivity index (χ2n) is 7.50. The Labute approximate surface area is 144 Å². The highest BCUT2D eigenvalue weighted by Crippen LogP contribution is 2.40. The first-order chi connectivity index (χ1) is 11.4. The smallest absolute Gasteiger partial charge is 0.255 e. The molecule has 0 saturated carbocycles. The minimum Gasteiger partial charge on any atom is -0.351 e. The lowest BCUT2D eigenvalue weighted by atomic mass is 9.78. The van der Waals surface area contributed by atoms with Gasteiger partial charge < -0.3 is 14.4 Å². The van der Waals surface area contributed by atoms with Crippen molar-refractivity contribution in [3.8, 4) is 0 Å². The van der Waals surface area contributed by atoms with Gasteiger partial charge in [0.1, 0.15) is 0 Å². The van der Waals surface area contributed by atoms with E-state index in [9.17, 15) is 9.59 Å². The third-order valence-corrected chi connectivity index (χ3v) is 5.96. The molecule has 24 heavy (non-hydrogen) atoms. The summed E-state index contributed by atoms with van der Waals surface area (Å²) in [5.74, 6) is 0.348. The van der Waals surface area contributed by atoms with E-state index >= 15 is 0 Å². The van der Waals surface area contributed by atoms with Gasteiger partial charge in [0, 0.05) is 44.6 Å². The number of hydrogen-bond donors (Lipinski definition) is 0. The fraction of sp³-hybridized carbons (Fsp3) is 0.684. The second kappa shape index (κ2) is 6.26. The third-order valence-electron chi connectivity index (χ3n) is 5.96. The molecular formula is C19H29N3O2. The fourth-order valence-electron chi connectivity index (χ4n) is 4.30. The Morgan fingerprint density at radius 2 is 2.00 bits per heavy atom. The molecule has 5 heteroatoms. The van der Waals surface area contributed by atoms with Gasteiger partial charge in [-0.05, 0) is 45.6 Å². The SMILES string of the molecule is CCCN1CCC[C@@]2(CCN(C(=O)c3cc(C)n(C)c3C)C2)C1=O. The standard InChI is InChI=1S/C19H29N3O2/c1-5-9-21-10-6-7-19(18(21)24)8-11-22(13-19)17(23)16-12-14(2)20(4)15(16)3/h12H,5-11,13H2,1-4H3/t19-/m0/s1. The van der Waals surface area contributed by atoms with Crippen LogP contribution in [0.25, 0.3) is 0 Å². The van der Waals surface area contributed by atoms with Gasteiger partial charge in [0.25, 0.3) is 5.91 Å². The van der Waals surface area contributed by atoms with Crippen LogP contribution < -0.4 is 0 Å². The van der Waals surface area contributed by atoms with Crippen LogP contribution in [-0.2, 0) is 11.8 Å². The Balaban J connectivity index is 1.78. The van der Waals surface area contributed by atoms with Crippen molar-refractivity contribution in [3.05, 3.63) is 23.0 Å². The molecule has 0 unspecified atom stereocenters. The Bertz CT molecular complexity index is 662. The van der Waals surface area contributed by atoms with Crippen LogP contribution in [0.3, 0.4) is 0 Å². The first-order valence-electron chi connectivity index (χ1n) is 9.11. The Morgan fingerprint density at radius 3 is 2.62 bits per heavy atom. The highest BCUT2D eigenvalue weighted by Gasteiger charge is 2.49. The fourth-order valence-corrected chi connectivity index (χ4v) is 4.30. The number of aromatic nitrogens is 1. The molecule has 2 aliphatic rings. The van der Waals surface area contributed by atoms with Gasteiger partial charge in [-0.3, -0.25) is 9.59 Å². The van der Waals surface area contributed by atoms with Gasteiger partial charge in [0.2, 0.25) is 5.91 Å². The molecule has 0 N–H and O–H groups in total. The average molecular weight is 331 g/mol. The van der Waals surface area contributed by atoms with E-state index in [4.69, 9.17) is 0 Å². The summed E-state index contributed by atoms with van der Waals surface area (Å²) in [6.45, 7) is 9.10. The minimum atomic E-state index is -0.333. The number of hydrogen-bond acceptors (Lipinski definition) is 2.